The number of aromatic nitrogens is 1. The normalized spacial score (nSPS) is 19.1. The highest BCUT2D eigenvalue weighted by atomic mass is 32.1. The van der Waals surface area contributed by atoms with Gasteiger partial charge in [0.2, 0.25) is 0 Å². The van der Waals surface area contributed by atoms with Gasteiger partial charge in [-0.25, -0.2) is 4.98 Å². The zero-order chi connectivity index (χ0) is 11.4. The Kier molecular flexibility index (Phi) is 4.32. The van der Waals surface area contributed by atoms with Gasteiger partial charge in [0.15, 0.2) is 0 Å². The van der Waals surface area contributed by atoms with Gasteiger partial charge >= 0.3 is 0 Å². The molecule has 16 heavy (non-hydrogen) atoms. The molecule has 0 aromatic carbocycles. The minimum atomic E-state index is 0.558. The van der Waals surface area contributed by atoms with Crippen LogP contribution in [0.5, 0.6) is 0 Å². The van der Waals surface area contributed by atoms with E-state index in [2.05, 4.69) is 27.5 Å². The summed E-state index contributed by atoms with van der Waals surface area (Å²) < 4.78 is 0. The predicted octanol–water partition coefficient (Wildman–Crippen LogP) is 2.03. The lowest BCUT2D eigenvalue weighted by molar-refractivity contribution is 0.298. The van der Waals surface area contributed by atoms with Gasteiger partial charge in [0.05, 0.1) is 0 Å². The van der Waals surface area contributed by atoms with Crippen LogP contribution in [0.25, 0.3) is 0 Å². The van der Waals surface area contributed by atoms with Gasteiger partial charge in [-0.15, -0.1) is 11.3 Å². The van der Waals surface area contributed by atoms with Gasteiger partial charge in [-0.1, -0.05) is 0 Å². The van der Waals surface area contributed by atoms with E-state index in [0.29, 0.717) is 6.04 Å². The molecule has 90 valence electrons. The number of nitrogens with one attached hydrogen (secondary N) is 1. The molecule has 4 heteroatoms. The van der Waals surface area contributed by atoms with E-state index >= 15 is 0 Å². The molecule has 0 bridgehead atoms. The van der Waals surface area contributed by atoms with Crippen LogP contribution >= 0.6 is 11.3 Å². The Bertz CT molecular complexity index is 318. The molecule has 0 spiro atoms. The summed E-state index contributed by atoms with van der Waals surface area (Å²) in [6.45, 7) is 8.95. The summed E-state index contributed by atoms with van der Waals surface area (Å²) in [6.07, 6.45) is 2.75. The van der Waals surface area contributed by atoms with Gasteiger partial charge in [-0.05, 0) is 39.8 Å². The summed E-state index contributed by atoms with van der Waals surface area (Å²) in [5.41, 5.74) is 1.13. The Morgan fingerprint density at radius 1 is 1.50 bits per heavy atom. The van der Waals surface area contributed by atoms with Crippen LogP contribution in [0.2, 0.25) is 0 Å². The molecule has 1 aromatic heterocycles. The van der Waals surface area contributed by atoms with Crippen molar-refractivity contribution < 1.29 is 0 Å². The van der Waals surface area contributed by atoms with E-state index in [4.69, 9.17) is 0 Å². The fourth-order valence-corrected chi connectivity index (χ4v) is 2.89. The van der Waals surface area contributed by atoms with Crippen molar-refractivity contribution >= 4 is 11.3 Å². The highest BCUT2D eigenvalue weighted by Gasteiger charge is 2.14. The number of likely N-dealkylation sites (tertiary alicyclic amines) is 1. The lowest BCUT2D eigenvalue weighted by atomic mass is 10.3. The molecule has 0 radical (unpaired) electrons. The minimum absolute atomic E-state index is 0.558. The highest BCUT2D eigenvalue weighted by molar-refractivity contribution is 7.09. The molecule has 1 fully saturated rings. The van der Waals surface area contributed by atoms with E-state index in [1.54, 1.807) is 11.3 Å². The second kappa shape index (κ2) is 5.75. The maximum Gasteiger partial charge on any atom is 0.107 e. The monoisotopic (exact) mass is 239 g/mol. The van der Waals surface area contributed by atoms with Crippen molar-refractivity contribution in [1.29, 1.82) is 0 Å². The maximum atomic E-state index is 4.46. The van der Waals surface area contributed by atoms with E-state index in [0.717, 1.165) is 12.2 Å². The fourth-order valence-electron chi connectivity index (χ4n) is 2.16. The maximum absolute atomic E-state index is 4.46. The second-order valence-corrected chi connectivity index (χ2v) is 5.61. The Morgan fingerprint density at radius 2 is 2.25 bits per heavy atom. The van der Waals surface area contributed by atoms with E-state index in [9.17, 15) is 0 Å². The van der Waals surface area contributed by atoms with Crippen LogP contribution < -0.4 is 5.32 Å². The molecule has 2 rings (SSSR count). The number of nitrogens with zero attached hydrogens (tertiary/aromatic N) is 2. The number of hydrogen-bond donors (Lipinski definition) is 1. The molecule has 1 aromatic rings. The van der Waals surface area contributed by atoms with Gasteiger partial charge in [-0.2, -0.15) is 0 Å². The van der Waals surface area contributed by atoms with Crippen molar-refractivity contribution in [3.63, 3.8) is 0 Å². The van der Waals surface area contributed by atoms with Crippen molar-refractivity contribution in [2.24, 2.45) is 0 Å². The zero-order valence-corrected chi connectivity index (χ0v) is 11.0. The fraction of sp³-hybridized carbons (Fsp3) is 0.750. The first-order valence-electron chi connectivity index (χ1n) is 6.11. The summed E-state index contributed by atoms with van der Waals surface area (Å²) in [7, 11) is 0. The molecular weight excluding hydrogens is 218 g/mol. The molecule has 0 aliphatic carbocycles. The average Bonchev–Trinajstić information content (AvgIpc) is 2.87. The molecule has 1 aliphatic rings. The van der Waals surface area contributed by atoms with Crippen molar-refractivity contribution in [3.05, 3.63) is 16.1 Å². The first kappa shape index (κ1) is 12.0. The molecule has 1 saturated heterocycles. The van der Waals surface area contributed by atoms with Gasteiger partial charge < -0.3 is 10.2 Å². The Balaban J connectivity index is 1.68. The second-order valence-electron chi connectivity index (χ2n) is 4.67. The van der Waals surface area contributed by atoms with Crippen molar-refractivity contribution in [1.82, 2.24) is 15.2 Å². The quantitative estimate of drug-likeness (QED) is 0.852. The van der Waals surface area contributed by atoms with Crippen LogP contribution in [-0.4, -0.2) is 35.6 Å². The van der Waals surface area contributed by atoms with Gasteiger partial charge in [0.25, 0.3) is 0 Å². The molecule has 0 saturated carbocycles. The Hall–Kier alpha value is -0.450. The number of hydrogen-bond acceptors (Lipinski definition) is 4. The van der Waals surface area contributed by atoms with Crippen LogP contribution in [0.3, 0.4) is 0 Å². The predicted molar refractivity (Wildman–Crippen MR) is 68.8 cm³/mol. The molecule has 2 heterocycles. The van der Waals surface area contributed by atoms with Crippen molar-refractivity contribution in [2.45, 2.75) is 39.3 Å². The first-order chi connectivity index (χ1) is 7.74. The van der Waals surface area contributed by atoms with Gasteiger partial charge in [0.1, 0.15) is 5.01 Å². The molecule has 0 amide bonds. The molecule has 1 atom stereocenters. The average molecular weight is 239 g/mol. The smallest absolute Gasteiger partial charge is 0.107 e. The van der Waals surface area contributed by atoms with Crippen molar-refractivity contribution in [3.8, 4) is 0 Å². The van der Waals surface area contributed by atoms with Crippen LogP contribution in [0.15, 0.2) is 5.38 Å². The number of rotatable bonds is 5. The van der Waals surface area contributed by atoms with E-state index in [-0.39, 0.29) is 0 Å². The SMILES string of the molecule is Cc1csc(CNC(C)CN2CCCC2)n1. The Morgan fingerprint density at radius 3 is 2.88 bits per heavy atom. The molecule has 3 nitrogen and oxygen atoms in total. The molecular formula is C12H21N3S. The van der Waals surface area contributed by atoms with Crippen LogP contribution in [0.1, 0.15) is 30.5 Å². The third-order valence-electron chi connectivity index (χ3n) is 3.00. The zero-order valence-electron chi connectivity index (χ0n) is 10.2. The van der Waals surface area contributed by atoms with Crippen LogP contribution in [0, 0.1) is 6.92 Å². The van der Waals surface area contributed by atoms with E-state index in [1.807, 2.05) is 6.92 Å². The summed E-state index contributed by atoms with van der Waals surface area (Å²) in [5, 5.41) is 6.86. The largest absolute Gasteiger partial charge is 0.307 e. The summed E-state index contributed by atoms with van der Waals surface area (Å²) >= 11 is 1.75. The third-order valence-corrected chi connectivity index (χ3v) is 3.97. The lowest BCUT2D eigenvalue weighted by Gasteiger charge is -2.20. The van der Waals surface area contributed by atoms with Crippen LogP contribution in [-0.2, 0) is 6.54 Å². The number of thiazole rings is 1. The molecule has 1 unspecified atom stereocenters. The highest BCUT2D eigenvalue weighted by Crippen LogP contribution is 2.10. The van der Waals surface area contributed by atoms with Crippen LogP contribution in [0.4, 0.5) is 0 Å². The first-order valence-corrected chi connectivity index (χ1v) is 6.99. The van der Waals surface area contributed by atoms with E-state index in [1.165, 1.54) is 37.5 Å². The topological polar surface area (TPSA) is 28.2 Å². The molecule has 1 N–H and O–H groups in total. The van der Waals surface area contributed by atoms with Crippen molar-refractivity contribution in [2.75, 3.05) is 19.6 Å². The number of aryl methyl sites for hydroxylation is 1. The standard InChI is InChI=1S/C12H21N3S/c1-10(8-15-5-3-4-6-15)13-7-12-14-11(2)9-16-12/h9-10,13H,3-8H2,1-2H3. The summed E-state index contributed by atoms with van der Waals surface area (Å²) in [5.74, 6) is 0. The summed E-state index contributed by atoms with van der Waals surface area (Å²) in [4.78, 5) is 7.00. The van der Waals surface area contributed by atoms with Gasteiger partial charge in [0, 0.05) is 30.2 Å². The lowest BCUT2D eigenvalue weighted by Crippen LogP contribution is -2.37. The third kappa shape index (κ3) is 3.54. The van der Waals surface area contributed by atoms with Gasteiger partial charge in [-0.3, -0.25) is 0 Å². The minimum Gasteiger partial charge on any atom is -0.307 e. The molecule has 1 aliphatic heterocycles. The Labute approximate surface area is 102 Å². The summed E-state index contributed by atoms with van der Waals surface area (Å²) in [6, 6.07) is 0.558. The van der Waals surface area contributed by atoms with E-state index < -0.39 is 0 Å².